The van der Waals surface area contributed by atoms with Crippen LogP contribution in [0, 0.1) is 0 Å². The first-order chi connectivity index (χ1) is 8.32. The van der Waals surface area contributed by atoms with Crippen molar-refractivity contribution in [3.8, 4) is 0 Å². The van der Waals surface area contributed by atoms with Crippen LogP contribution in [0.15, 0.2) is 22.7 Å². The number of nitrogen functional groups attached to an aromatic ring is 1. The molecule has 2 atom stereocenters. The van der Waals surface area contributed by atoms with Gasteiger partial charge in [-0.25, -0.2) is 4.79 Å². The van der Waals surface area contributed by atoms with E-state index < -0.39 is 24.0 Å². The van der Waals surface area contributed by atoms with Crippen molar-refractivity contribution in [1.82, 2.24) is 5.32 Å². The third kappa shape index (κ3) is 3.44. The molecule has 0 aliphatic heterocycles. The van der Waals surface area contributed by atoms with E-state index in [4.69, 9.17) is 10.8 Å². The number of aliphatic hydroxyl groups excluding tert-OH is 1. The summed E-state index contributed by atoms with van der Waals surface area (Å²) in [6.07, 6.45) is -1.19. The second-order valence-electron chi connectivity index (χ2n) is 3.77. The van der Waals surface area contributed by atoms with Crippen molar-refractivity contribution in [3.63, 3.8) is 0 Å². The van der Waals surface area contributed by atoms with E-state index in [1.165, 1.54) is 25.1 Å². The van der Waals surface area contributed by atoms with E-state index >= 15 is 0 Å². The minimum atomic E-state index is -1.35. The molecular weight excluding hydrogens is 304 g/mol. The number of carbonyl (C=O) groups excluding carboxylic acids is 1. The van der Waals surface area contributed by atoms with Gasteiger partial charge in [0.1, 0.15) is 0 Å². The van der Waals surface area contributed by atoms with Crippen molar-refractivity contribution in [3.05, 3.63) is 28.2 Å². The zero-order valence-corrected chi connectivity index (χ0v) is 11.1. The summed E-state index contributed by atoms with van der Waals surface area (Å²) in [6, 6.07) is 3.12. The fraction of sp³-hybridized carbons (Fsp3) is 0.273. The van der Waals surface area contributed by atoms with Crippen LogP contribution in [-0.4, -0.2) is 34.2 Å². The Balaban J connectivity index is 2.87. The number of amides is 1. The highest BCUT2D eigenvalue weighted by molar-refractivity contribution is 9.10. The molecule has 7 heteroatoms. The summed E-state index contributed by atoms with van der Waals surface area (Å²) in [7, 11) is 0. The minimum absolute atomic E-state index is 0.253. The van der Waals surface area contributed by atoms with E-state index in [1.54, 1.807) is 0 Å². The SMILES string of the molecule is CC(O)C(NC(=O)c1ccc(N)c(Br)c1)C(=O)O. The van der Waals surface area contributed by atoms with Gasteiger partial charge in [0.2, 0.25) is 0 Å². The van der Waals surface area contributed by atoms with E-state index in [9.17, 15) is 14.7 Å². The number of rotatable bonds is 4. The molecule has 0 spiro atoms. The summed E-state index contributed by atoms with van der Waals surface area (Å²) in [6.45, 7) is 1.29. The normalized spacial score (nSPS) is 13.7. The van der Waals surface area contributed by atoms with Gasteiger partial charge in [-0.2, -0.15) is 0 Å². The van der Waals surface area contributed by atoms with Gasteiger partial charge in [-0.1, -0.05) is 0 Å². The third-order valence-corrected chi connectivity index (χ3v) is 2.98. The first-order valence-electron chi connectivity index (χ1n) is 5.09. The summed E-state index contributed by atoms with van der Waals surface area (Å²) in [5.41, 5.74) is 6.30. The van der Waals surface area contributed by atoms with Gasteiger partial charge in [0.15, 0.2) is 6.04 Å². The number of carboxylic acids is 1. The Morgan fingerprint density at radius 2 is 2.06 bits per heavy atom. The molecule has 0 saturated carbocycles. The Kier molecular flexibility index (Phi) is 4.69. The van der Waals surface area contributed by atoms with Gasteiger partial charge in [0.25, 0.3) is 5.91 Å². The number of carboxylic acid groups (broad SMARTS) is 1. The summed E-state index contributed by atoms with van der Waals surface area (Å²) in [4.78, 5) is 22.6. The van der Waals surface area contributed by atoms with E-state index in [-0.39, 0.29) is 5.56 Å². The number of carbonyl (C=O) groups is 2. The van der Waals surface area contributed by atoms with Crippen LogP contribution in [-0.2, 0) is 4.79 Å². The van der Waals surface area contributed by atoms with Gasteiger partial charge >= 0.3 is 5.97 Å². The molecule has 0 bridgehead atoms. The van der Waals surface area contributed by atoms with Gasteiger partial charge < -0.3 is 21.3 Å². The average Bonchev–Trinajstić information content (AvgIpc) is 2.28. The predicted molar refractivity (Wildman–Crippen MR) is 69.1 cm³/mol. The molecule has 1 aromatic carbocycles. The Bertz CT molecular complexity index is 476. The first-order valence-corrected chi connectivity index (χ1v) is 5.89. The van der Waals surface area contributed by atoms with Gasteiger partial charge in [-0.05, 0) is 41.1 Å². The molecule has 98 valence electrons. The van der Waals surface area contributed by atoms with Crippen LogP contribution in [0.25, 0.3) is 0 Å². The molecule has 0 aliphatic rings. The number of hydrogen-bond donors (Lipinski definition) is 4. The summed E-state index contributed by atoms with van der Waals surface area (Å²) in [5, 5.41) is 20.3. The van der Waals surface area contributed by atoms with Crippen molar-refractivity contribution >= 4 is 33.5 Å². The fourth-order valence-corrected chi connectivity index (χ4v) is 1.66. The molecule has 2 unspecified atom stereocenters. The molecule has 1 rings (SSSR count). The number of anilines is 1. The zero-order valence-electron chi connectivity index (χ0n) is 9.55. The van der Waals surface area contributed by atoms with Crippen LogP contribution in [0.2, 0.25) is 0 Å². The fourth-order valence-electron chi connectivity index (χ4n) is 1.28. The molecule has 0 aromatic heterocycles. The highest BCUT2D eigenvalue weighted by Gasteiger charge is 2.25. The number of aliphatic carboxylic acids is 1. The van der Waals surface area contributed by atoms with Crippen molar-refractivity contribution in [2.24, 2.45) is 0 Å². The maximum atomic E-state index is 11.8. The van der Waals surface area contributed by atoms with Crippen molar-refractivity contribution in [2.45, 2.75) is 19.1 Å². The summed E-state index contributed by atoms with van der Waals surface area (Å²) >= 11 is 3.17. The number of nitrogens with two attached hydrogens (primary N) is 1. The molecule has 0 saturated heterocycles. The van der Waals surface area contributed by atoms with Gasteiger partial charge in [0.05, 0.1) is 6.10 Å². The second kappa shape index (κ2) is 5.83. The van der Waals surface area contributed by atoms with Crippen molar-refractivity contribution in [2.75, 3.05) is 5.73 Å². The van der Waals surface area contributed by atoms with Crippen molar-refractivity contribution < 1.29 is 19.8 Å². The maximum Gasteiger partial charge on any atom is 0.328 e. The quantitative estimate of drug-likeness (QED) is 0.607. The average molecular weight is 317 g/mol. The van der Waals surface area contributed by atoms with Gasteiger partial charge in [-0.15, -0.1) is 0 Å². The first kappa shape index (κ1) is 14.5. The second-order valence-corrected chi connectivity index (χ2v) is 4.62. The van der Waals surface area contributed by atoms with Crippen LogP contribution in [0.1, 0.15) is 17.3 Å². The van der Waals surface area contributed by atoms with Crippen molar-refractivity contribution in [1.29, 1.82) is 0 Å². The molecule has 1 aromatic rings. The highest BCUT2D eigenvalue weighted by Crippen LogP contribution is 2.20. The zero-order chi connectivity index (χ0) is 13.9. The van der Waals surface area contributed by atoms with Crippen LogP contribution >= 0.6 is 15.9 Å². The monoisotopic (exact) mass is 316 g/mol. The molecule has 0 aliphatic carbocycles. The smallest absolute Gasteiger partial charge is 0.328 e. The van der Waals surface area contributed by atoms with Crippen LogP contribution in [0.3, 0.4) is 0 Å². The molecule has 0 heterocycles. The molecule has 0 radical (unpaired) electrons. The van der Waals surface area contributed by atoms with E-state index in [1.807, 2.05) is 0 Å². The largest absolute Gasteiger partial charge is 0.480 e. The van der Waals surface area contributed by atoms with E-state index in [0.29, 0.717) is 10.2 Å². The van der Waals surface area contributed by atoms with Crippen LogP contribution in [0.4, 0.5) is 5.69 Å². The van der Waals surface area contributed by atoms with E-state index in [2.05, 4.69) is 21.2 Å². The molecular formula is C11H13BrN2O4. The molecule has 6 nitrogen and oxygen atoms in total. The Morgan fingerprint density at radius 1 is 1.44 bits per heavy atom. The lowest BCUT2D eigenvalue weighted by Crippen LogP contribution is -2.47. The lowest BCUT2D eigenvalue weighted by atomic mass is 10.1. The number of halogens is 1. The number of hydrogen-bond acceptors (Lipinski definition) is 4. The predicted octanol–water partition coefficient (Wildman–Crippen LogP) is 0.595. The van der Waals surface area contributed by atoms with Crippen LogP contribution in [0.5, 0.6) is 0 Å². The van der Waals surface area contributed by atoms with Gasteiger partial charge in [-0.3, -0.25) is 4.79 Å². The summed E-state index contributed by atoms with van der Waals surface area (Å²) < 4.78 is 0.541. The topological polar surface area (TPSA) is 113 Å². The Labute approximate surface area is 112 Å². The Morgan fingerprint density at radius 3 is 2.50 bits per heavy atom. The Hall–Kier alpha value is -1.60. The van der Waals surface area contributed by atoms with Crippen LogP contribution < -0.4 is 11.1 Å². The van der Waals surface area contributed by atoms with E-state index in [0.717, 1.165) is 0 Å². The molecule has 5 N–H and O–H groups in total. The number of nitrogens with one attached hydrogen (secondary N) is 1. The lowest BCUT2D eigenvalue weighted by molar-refractivity contribution is -0.141. The minimum Gasteiger partial charge on any atom is -0.480 e. The standard InChI is InChI=1S/C11H13BrN2O4/c1-5(15)9(11(17)18)14-10(16)6-2-3-8(13)7(12)4-6/h2-5,9,15H,13H2,1H3,(H,14,16)(H,17,18). The molecule has 0 fully saturated rings. The number of aliphatic hydroxyl groups is 1. The van der Waals surface area contributed by atoms with Gasteiger partial charge in [0, 0.05) is 15.7 Å². The molecule has 1 amide bonds. The molecule has 18 heavy (non-hydrogen) atoms. The maximum absolute atomic E-state index is 11.8. The third-order valence-electron chi connectivity index (χ3n) is 2.30. The lowest BCUT2D eigenvalue weighted by Gasteiger charge is -2.17. The number of benzene rings is 1. The summed E-state index contributed by atoms with van der Waals surface area (Å²) in [5.74, 6) is -1.89. The highest BCUT2D eigenvalue weighted by atomic mass is 79.9.